The van der Waals surface area contributed by atoms with Gasteiger partial charge in [-0.25, -0.2) is 12.7 Å². The van der Waals surface area contributed by atoms with E-state index in [4.69, 9.17) is 4.74 Å². The van der Waals surface area contributed by atoms with Crippen molar-refractivity contribution in [2.75, 3.05) is 38.6 Å². The van der Waals surface area contributed by atoms with Gasteiger partial charge in [0.15, 0.2) is 0 Å². The lowest BCUT2D eigenvalue weighted by Crippen LogP contribution is -2.34. The van der Waals surface area contributed by atoms with E-state index in [1.165, 1.54) is 4.90 Å². The zero-order chi connectivity index (χ0) is 19.1. The summed E-state index contributed by atoms with van der Waals surface area (Å²) in [6.45, 7) is 2.73. The van der Waals surface area contributed by atoms with E-state index in [-0.39, 0.29) is 29.5 Å². The van der Waals surface area contributed by atoms with Crippen LogP contribution in [0.2, 0.25) is 0 Å². The number of imide groups is 1. The number of benzene rings is 1. The molecule has 2 fully saturated rings. The summed E-state index contributed by atoms with van der Waals surface area (Å²) in [7, 11) is -3.31. The number of hydrogen-bond donors (Lipinski definition) is 0. The first kappa shape index (κ1) is 18.6. The Morgan fingerprint density at radius 3 is 2.37 bits per heavy atom. The molecule has 1 atom stereocenters. The number of amides is 2. The molecule has 4 rings (SSSR count). The van der Waals surface area contributed by atoms with E-state index in [0.717, 1.165) is 12.8 Å². The van der Waals surface area contributed by atoms with Gasteiger partial charge in [-0.15, -0.1) is 0 Å². The number of nitrogens with zero attached hydrogens (tertiary/aromatic N) is 2. The van der Waals surface area contributed by atoms with Crippen LogP contribution < -0.4 is 0 Å². The molecular formula is C19H24N2O5S. The predicted molar refractivity (Wildman–Crippen MR) is 98.9 cm³/mol. The first-order valence-electron chi connectivity index (χ1n) is 9.43. The summed E-state index contributed by atoms with van der Waals surface area (Å²) in [5.74, 6) is -0.532. The van der Waals surface area contributed by atoms with Gasteiger partial charge in [-0.05, 0) is 37.8 Å². The third kappa shape index (κ3) is 3.41. The average molecular weight is 392 g/mol. The third-order valence-electron chi connectivity index (χ3n) is 5.89. The van der Waals surface area contributed by atoms with Gasteiger partial charge in [-0.3, -0.25) is 14.5 Å². The molecule has 7 nitrogen and oxygen atoms in total. The van der Waals surface area contributed by atoms with Crippen molar-refractivity contribution in [1.82, 2.24) is 9.21 Å². The van der Waals surface area contributed by atoms with Gasteiger partial charge in [0.2, 0.25) is 10.0 Å². The molecular weight excluding hydrogens is 368 g/mol. The van der Waals surface area contributed by atoms with Crippen LogP contribution in [0.25, 0.3) is 0 Å². The van der Waals surface area contributed by atoms with Gasteiger partial charge in [-0.2, -0.15) is 0 Å². The predicted octanol–water partition coefficient (Wildman–Crippen LogP) is 1.51. The molecule has 2 saturated heterocycles. The quantitative estimate of drug-likeness (QED) is 0.541. The minimum atomic E-state index is -3.31. The lowest BCUT2D eigenvalue weighted by molar-refractivity contribution is 0.0652. The number of sulfonamides is 1. The van der Waals surface area contributed by atoms with E-state index in [0.29, 0.717) is 50.3 Å². The van der Waals surface area contributed by atoms with E-state index in [1.807, 2.05) is 0 Å². The van der Waals surface area contributed by atoms with Crippen LogP contribution in [0.4, 0.5) is 0 Å². The van der Waals surface area contributed by atoms with Gasteiger partial charge in [0, 0.05) is 31.7 Å². The Labute approximate surface area is 159 Å². The van der Waals surface area contributed by atoms with Crippen molar-refractivity contribution < 1.29 is 22.7 Å². The normalized spacial score (nSPS) is 25.7. The fourth-order valence-corrected chi connectivity index (χ4v) is 5.90. The maximum atomic E-state index is 12.6. The highest BCUT2D eigenvalue weighted by Crippen LogP contribution is 2.39. The van der Waals surface area contributed by atoms with E-state index in [9.17, 15) is 18.0 Å². The number of carbonyl (C=O) groups is 2. The summed E-state index contributed by atoms with van der Waals surface area (Å²) in [6.07, 6.45) is 2.70. The summed E-state index contributed by atoms with van der Waals surface area (Å²) >= 11 is 0. The second-order valence-corrected chi connectivity index (χ2v) is 9.81. The van der Waals surface area contributed by atoms with Gasteiger partial charge in [0.05, 0.1) is 23.5 Å². The second-order valence-electron chi connectivity index (χ2n) is 7.72. The number of carbonyl (C=O) groups excluding carboxylic acids is 2. The molecule has 0 saturated carbocycles. The van der Waals surface area contributed by atoms with Crippen LogP contribution in [0.3, 0.4) is 0 Å². The maximum absolute atomic E-state index is 12.6. The minimum absolute atomic E-state index is 0.00718. The van der Waals surface area contributed by atoms with Crippen LogP contribution in [0, 0.1) is 5.41 Å². The van der Waals surface area contributed by atoms with Gasteiger partial charge >= 0.3 is 0 Å². The van der Waals surface area contributed by atoms with E-state index in [1.54, 1.807) is 28.6 Å². The molecule has 3 heterocycles. The number of fused-ring (bicyclic) bond motifs is 1. The second kappa shape index (κ2) is 7.00. The van der Waals surface area contributed by atoms with E-state index < -0.39 is 10.0 Å². The summed E-state index contributed by atoms with van der Waals surface area (Å²) in [4.78, 5) is 25.9. The zero-order valence-corrected chi connectivity index (χ0v) is 16.0. The molecule has 0 aromatic heterocycles. The smallest absolute Gasteiger partial charge is 0.261 e. The lowest BCUT2D eigenvalue weighted by Gasteiger charge is -2.22. The molecule has 27 heavy (non-hydrogen) atoms. The van der Waals surface area contributed by atoms with Crippen LogP contribution in [-0.4, -0.2) is 68.0 Å². The van der Waals surface area contributed by atoms with Crippen molar-refractivity contribution >= 4 is 21.8 Å². The molecule has 2 amide bonds. The minimum Gasteiger partial charge on any atom is -0.381 e. The highest BCUT2D eigenvalue weighted by atomic mass is 32.2. The number of ether oxygens (including phenoxy) is 1. The molecule has 1 spiro atoms. The molecule has 0 bridgehead atoms. The number of hydrogen-bond acceptors (Lipinski definition) is 5. The number of unbranched alkanes of at least 4 members (excludes halogenated alkanes) is 1. The zero-order valence-electron chi connectivity index (χ0n) is 15.2. The van der Waals surface area contributed by atoms with Crippen molar-refractivity contribution in [2.24, 2.45) is 5.41 Å². The third-order valence-corrected chi connectivity index (χ3v) is 7.80. The molecule has 3 aliphatic rings. The fraction of sp³-hybridized carbons (Fsp3) is 0.579. The lowest BCUT2D eigenvalue weighted by atomic mass is 9.87. The topological polar surface area (TPSA) is 84.0 Å². The van der Waals surface area contributed by atoms with E-state index in [2.05, 4.69) is 0 Å². The Hall–Kier alpha value is -1.77. The van der Waals surface area contributed by atoms with Crippen LogP contribution in [0.15, 0.2) is 24.3 Å². The van der Waals surface area contributed by atoms with Crippen LogP contribution >= 0.6 is 0 Å². The summed E-state index contributed by atoms with van der Waals surface area (Å²) < 4.78 is 32.3. The summed E-state index contributed by atoms with van der Waals surface area (Å²) in [6, 6.07) is 6.77. The number of rotatable bonds is 6. The Kier molecular flexibility index (Phi) is 4.82. The van der Waals surface area contributed by atoms with Crippen LogP contribution in [0.1, 0.15) is 46.4 Å². The van der Waals surface area contributed by atoms with Gasteiger partial charge < -0.3 is 4.74 Å². The highest BCUT2D eigenvalue weighted by Gasteiger charge is 2.44. The average Bonchev–Trinajstić information content (AvgIpc) is 3.36. The Balaban J connectivity index is 1.28. The SMILES string of the molecule is O=C1c2ccccc2C(=O)N1CCCCS(=O)(=O)N1CC[C@]2(CCOC2)C1. The molecule has 8 heteroatoms. The monoisotopic (exact) mass is 392 g/mol. The van der Waals surface area contributed by atoms with Crippen LogP contribution in [-0.2, 0) is 14.8 Å². The summed E-state index contributed by atoms with van der Waals surface area (Å²) in [5, 5.41) is 0. The fourth-order valence-electron chi connectivity index (χ4n) is 4.23. The molecule has 0 aliphatic carbocycles. The van der Waals surface area contributed by atoms with Gasteiger partial charge in [0.1, 0.15) is 0 Å². The van der Waals surface area contributed by atoms with Gasteiger partial charge in [0.25, 0.3) is 11.8 Å². The first-order valence-corrected chi connectivity index (χ1v) is 11.0. The van der Waals surface area contributed by atoms with Crippen molar-refractivity contribution in [2.45, 2.75) is 25.7 Å². The molecule has 1 aromatic carbocycles. The largest absolute Gasteiger partial charge is 0.381 e. The highest BCUT2D eigenvalue weighted by molar-refractivity contribution is 7.89. The standard InChI is InChI=1S/C19H24N2O5S/c22-17-15-5-1-2-6-16(15)18(23)21(17)9-3-4-12-27(24,25)20-10-7-19(13-20)8-11-26-14-19/h1-2,5-6H,3-4,7-14H2/t19-/m0/s1. The van der Waals surface area contributed by atoms with Crippen molar-refractivity contribution in [3.63, 3.8) is 0 Å². The van der Waals surface area contributed by atoms with Gasteiger partial charge in [-0.1, -0.05) is 12.1 Å². The Morgan fingerprint density at radius 2 is 1.74 bits per heavy atom. The summed E-state index contributed by atoms with van der Waals surface area (Å²) in [5.41, 5.74) is 0.861. The van der Waals surface area contributed by atoms with Crippen molar-refractivity contribution in [3.05, 3.63) is 35.4 Å². The molecule has 1 aromatic rings. The van der Waals surface area contributed by atoms with Crippen LogP contribution in [0.5, 0.6) is 0 Å². The van der Waals surface area contributed by atoms with E-state index >= 15 is 0 Å². The molecule has 3 aliphatic heterocycles. The first-order chi connectivity index (χ1) is 12.9. The maximum Gasteiger partial charge on any atom is 0.261 e. The molecule has 146 valence electrons. The molecule has 0 N–H and O–H groups in total. The Morgan fingerprint density at radius 1 is 1.04 bits per heavy atom. The van der Waals surface area contributed by atoms with Crippen molar-refractivity contribution in [1.29, 1.82) is 0 Å². The van der Waals surface area contributed by atoms with Crippen molar-refractivity contribution in [3.8, 4) is 0 Å². The molecule has 0 unspecified atom stereocenters. The Bertz CT molecular complexity index is 826. The molecule has 0 radical (unpaired) electrons.